The molecule has 3 N–H and O–H groups in total. The molecule has 1 aromatic rings. The molecule has 0 bridgehead atoms. The Balaban J connectivity index is 3.32. The molecule has 0 radical (unpaired) electrons. The maximum atomic E-state index is 10.6. The molecule has 0 saturated carbocycles. The second kappa shape index (κ2) is 6.81. The molecule has 114 valence electrons. The van der Waals surface area contributed by atoms with Crippen LogP contribution in [0.15, 0.2) is 12.1 Å². The number of nitrogens with two attached hydrogens (primary N) is 1. The third kappa shape index (κ3) is 2.99. The fourth-order valence-corrected chi connectivity index (χ4v) is 2.11. The second-order valence-corrected chi connectivity index (χ2v) is 5.07. The summed E-state index contributed by atoms with van der Waals surface area (Å²) in [5.41, 5.74) is 6.11. The van der Waals surface area contributed by atoms with Crippen LogP contribution in [-0.2, 0) is 0 Å². The van der Waals surface area contributed by atoms with Crippen LogP contribution < -0.4 is 19.9 Å². The van der Waals surface area contributed by atoms with Gasteiger partial charge in [0.2, 0.25) is 5.75 Å². The summed E-state index contributed by atoms with van der Waals surface area (Å²) in [5.74, 6) is 1.56. The van der Waals surface area contributed by atoms with Gasteiger partial charge in [-0.3, -0.25) is 0 Å². The highest BCUT2D eigenvalue weighted by molar-refractivity contribution is 5.54. The Morgan fingerprint density at radius 1 is 1.15 bits per heavy atom. The first kappa shape index (κ1) is 16.6. The van der Waals surface area contributed by atoms with E-state index in [-0.39, 0.29) is 0 Å². The summed E-state index contributed by atoms with van der Waals surface area (Å²) >= 11 is 0. The highest BCUT2D eigenvalue weighted by atomic mass is 16.5. The van der Waals surface area contributed by atoms with Gasteiger partial charge >= 0.3 is 0 Å². The molecule has 5 heteroatoms. The lowest BCUT2D eigenvalue weighted by Gasteiger charge is -2.33. The number of hydrogen-bond donors (Lipinski definition) is 2. The van der Waals surface area contributed by atoms with Gasteiger partial charge in [0, 0.05) is 12.0 Å². The number of hydrogen-bond acceptors (Lipinski definition) is 5. The van der Waals surface area contributed by atoms with Crippen LogP contribution in [0.2, 0.25) is 0 Å². The molecule has 0 fully saturated rings. The summed E-state index contributed by atoms with van der Waals surface area (Å²) in [5, 5.41) is 10.6. The van der Waals surface area contributed by atoms with E-state index in [9.17, 15) is 5.11 Å². The van der Waals surface area contributed by atoms with Gasteiger partial charge in [0.15, 0.2) is 11.5 Å². The van der Waals surface area contributed by atoms with Crippen LogP contribution >= 0.6 is 0 Å². The van der Waals surface area contributed by atoms with E-state index in [2.05, 4.69) is 0 Å². The minimum Gasteiger partial charge on any atom is -0.493 e. The molecule has 2 unspecified atom stereocenters. The smallest absolute Gasteiger partial charge is 0.203 e. The van der Waals surface area contributed by atoms with Gasteiger partial charge in [0.1, 0.15) is 0 Å². The minimum absolute atomic E-state index is 0.390. The molecule has 1 aromatic carbocycles. The number of ether oxygens (including phenoxy) is 3. The number of aliphatic hydroxyl groups is 1. The first-order valence-corrected chi connectivity index (χ1v) is 6.65. The van der Waals surface area contributed by atoms with Crippen LogP contribution in [0.4, 0.5) is 0 Å². The lowest BCUT2D eigenvalue weighted by Crippen LogP contribution is -2.33. The summed E-state index contributed by atoms with van der Waals surface area (Å²) in [4.78, 5) is 0. The molecule has 20 heavy (non-hydrogen) atoms. The number of aliphatic hydroxyl groups excluding tert-OH is 1. The van der Waals surface area contributed by atoms with Crippen molar-refractivity contribution in [1.82, 2.24) is 0 Å². The highest BCUT2D eigenvalue weighted by Crippen LogP contribution is 2.43. The van der Waals surface area contributed by atoms with Gasteiger partial charge in [-0.25, -0.2) is 0 Å². The molecule has 0 spiro atoms. The zero-order chi connectivity index (χ0) is 15.3. The van der Waals surface area contributed by atoms with E-state index in [1.165, 1.54) is 0 Å². The Morgan fingerprint density at radius 3 is 1.95 bits per heavy atom. The maximum Gasteiger partial charge on any atom is 0.203 e. The van der Waals surface area contributed by atoms with Crippen LogP contribution in [-0.4, -0.2) is 33.0 Å². The molecular formula is C15H25NO4. The first-order chi connectivity index (χ1) is 9.47. The largest absolute Gasteiger partial charge is 0.493 e. The second-order valence-electron chi connectivity index (χ2n) is 5.07. The van der Waals surface area contributed by atoms with E-state index in [0.29, 0.717) is 29.4 Å². The van der Waals surface area contributed by atoms with Crippen molar-refractivity contribution in [3.05, 3.63) is 17.7 Å². The third-order valence-corrected chi connectivity index (χ3v) is 3.94. The van der Waals surface area contributed by atoms with Gasteiger partial charge in [-0.15, -0.1) is 0 Å². The van der Waals surface area contributed by atoms with Crippen LogP contribution in [0.3, 0.4) is 0 Å². The molecule has 0 aliphatic heterocycles. The fraction of sp³-hybridized carbons (Fsp3) is 0.600. The molecule has 5 nitrogen and oxygen atoms in total. The molecule has 0 aromatic heterocycles. The summed E-state index contributed by atoms with van der Waals surface area (Å²) in [7, 11) is 4.65. The molecule has 0 aliphatic rings. The van der Waals surface area contributed by atoms with Crippen molar-refractivity contribution in [1.29, 1.82) is 0 Å². The third-order valence-electron chi connectivity index (χ3n) is 3.94. The van der Waals surface area contributed by atoms with Crippen molar-refractivity contribution in [2.75, 3.05) is 27.9 Å². The predicted octanol–water partition coefficient (Wildman–Crippen LogP) is 2.12. The Morgan fingerprint density at radius 2 is 1.65 bits per heavy atom. The van der Waals surface area contributed by atoms with E-state index in [0.717, 1.165) is 6.42 Å². The average Bonchev–Trinajstić information content (AvgIpc) is 2.51. The Labute approximate surface area is 120 Å². The molecule has 0 heterocycles. The molecule has 0 aliphatic carbocycles. The Hall–Kier alpha value is -1.46. The van der Waals surface area contributed by atoms with Gasteiger partial charge in [0.25, 0.3) is 0 Å². The SMILES string of the molecule is CCC(C)(CN)C(O)c1cc(OC)c(OC)c(OC)c1. The molecular weight excluding hydrogens is 258 g/mol. The highest BCUT2D eigenvalue weighted by Gasteiger charge is 2.32. The van der Waals surface area contributed by atoms with Crippen LogP contribution in [0.25, 0.3) is 0 Å². The first-order valence-electron chi connectivity index (χ1n) is 6.65. The summed E-state index contributed by atoms with van der Waals surface area (Å²) in [6.45, 7) is 4.36. The lowest BCUT2D eigenvalue weighted by molar-refractivity contribution is 0.0388. The quantitative estimate of drug-likeness (QED) is 0.802. The van der Waals surface area contributed by atoms with Crippen LogP contribution in [0.5, 0.6) is 17.2 Å². The zero-order valence-electron chi connectivity index (χ0n) is 12.9. The van der Waals surface area contributed by atoms with E-state index in [1.54, 1.807) is 33.5 Å². The topological polar surface area (TPSA) is 73.9 Å². The van der Waals surface area contributed by atoms with Crippen molar-refractivity contribution in [2.45, 2.75) is 26.4 Å². The molecule has 0 saturated heterocycles. The average molecular weight is 283 g/mol. The zero-order valence-corrected chi connectivity index (χ0v) is 12.9. The summed E-state index contributed by atoms with van der Waals surface area (Å²) in [6, 6.07) is 3.52. The van der Waals surface area contributed by atoms with Gasteiger partial charge in [-0.2, -0.15) is 0 Å². The molecule has 2 atom stereocenters. The fourth-order valence-electron chi connectivity index (χ4n) is 2.11. The molecule has 1 rings (SSSR count). The van der Waals surface area contributed by atoms with E-state index >= 15 is 0 Å². The van der Waals surface area contributed by atoms with E-state index in [4.69, 9.17) is 19.9 Å². The van der Waals surface area contributed by atoms with Crippen LogP contribution in [0, 0.1) is 5.41 Å². The predicted molar refractivity (Wildman–Crippen MR) is 78.5 cm³/mol. The van der Waals surface area contributed by atoms with Gasteiger partial charge in [-0.05, 0) is 24.1 Å². The van der Waals surface area contributed by atoms with Crippen LogP contribution in [0.1, 0.15) is 31.9 Å². The molecule has 0 amide bonds. The summed E-state index contributed by atoms with van der Waals surface area (Å²) < 4.78 is 15.9. The minimum atomic E-state index is -0.703. The lowest BCUT2D eigenvalue weighted by atomic mass is 9.78. The Kier molecular flexibility index (Phi) is 5.65. The van der Waals surface area contributed by atoms with Crippen molar-refractivity contribution in [3.63, 3.8) is 0 Å². The van der Waals surface area contributed by atoms with Gasteiger partial charge < -0.3 is 25.1 Å². The van der Waals surface area contributed by atoms with Crippen molar-refractivity contribution in [2.24, 2.45) is 11.1 Å². The van der Waals surface area contributed by atoms with E-state index in [1.807, 2.05) is 13.8 Å². The van der Waals surface area contributed by atoms with E-state index < -0.39 is 11.5 Å². The monoisotopic (exact) mass is 283 g/mol. The number of rotatable bonds is 7. The standard InChI is InChI=1S/C15H25NO4/c1-6-15(2,9-16)14(17)10-7-11(18-3)13(20-5)12(8-10)19-4/h7-8,14,17H,6,9,16H2,1-5H3. The summed E-state index contributed by atoms with van der Waals surface area (Å²) in [6.07, 6.45) is 0.0626. The maximum absolute atomic E-state index is 10.6. The van der Waals surface area contributed by atoms with Crippen molar-refractivity contribution < 1.29 is 19.3 Å². The number of benzene rings is 1. The number of methoxy groups -OCH3 is 3. The van der Waals surface area contributed by atoms with Crippen molar-refractivity contribution in [3.8, 4) is 17.2 Å². The Bertz CT molecular complexity index is 418. The van der Waals surface area contributed by atoms with Crippen molar-refractivity contribution >= 4 is 0 Å². The van der Waals surface area contributed by atoms with Gasteiger partial charge in [-0.1, -0.05) is 13.8 Å². The normalized spacial score (nSPS) is 15.3. The van der Waals surface area contributed by atoms with Gasteiger partial charge in [0.05, 0.1) is 27.4 Å².